The second kappa shape index (κ2) is 10.2. The molecule has 40 heavy (non-hydrogen) atoms. The Morgan fingerprint density at radius 2 is 1.68 bits per heavy atom. The number of aryl methyl sites for hydroxylation is 1. The number of nitrogens with zero attached hydrogens (tertiary/aromatic N) is 6. The van der Waals surface area contributed by atoms with Crippen molar-refractivity contribution < 1.29 is 0 Å². The molecule has 4 N–H and O–H groups in total. The Hall–Kier alpha value is -3.95. The number of piperazine rings is 1. The van der Waals surface area contributed by atoms with E-state index in [9.17, 15) is 0 Å². The van der Waals surface area contributed by atoms with E-state index >= 15 is 0 Å². The van der Waals surface area contributed by atoms with E-state index in [1.54, 1.807) is 6.33 Å². The summed E-state index contributed by atoms with van der Waals surface area (Å²) < 4.78 is 2.37. The number of imidazole rings is 1. The molecule has 5 aromatic rings. The van der Waals surface area contributed by atoms with Gasteiger partial charge in [-0.25, -0.2) is 15.0 Å². The lowest BCUT2D eigenvalue weighted by molar-refractivity contribution is 0.0828. The number of aromatic amines is 1. The van der Waals surface area contributed by atoms with Gasteiger partial charge < -0.3 is 25.5 Å². The summed E-state index contributed by atoms with van der Waals surface area (Å²) in [5.41, 5.74) is 13.7. The van der Waals surface area contributed by atoms with E-state index in [-0.39, 0.29) is 0 Å². The minimum atomic E-state index is 0.423. The van der Waals surface area contributed by atoms with Crippen molar-refractivity contribution in [1.29, 1.82) is 0 Å². The number of nitrogen functional groups attached to an aromatic ring is 1. The molecular weight excluding hydrogens is 498 g/mol. The maximum atomic E-state index is 6.45. The minimum Gasteiger partial charge on any atom is -0.383 e. The van der Waals surface area contributed by atoms with Crippen molar-refractivity contribution in [3.05, 3.63) is 60.6 Å². The fraction of sp³-hybridized carbons (Fsp3) is 0.387. The average molecular weight is 536 g/mol. The fourth-order valence-corrected chi connectivity index (χ4v) is 6.55. The average Bonchev–Trinajstić information content (AvgIpc) is 3.56. The van der Waals surface area contributed by atoms with E-state index in [4.69, 9.17) is 10.7 Å². The quantitative estimate of drug-likeness (QED) is 0.279. The molecule has 9 nitrogen and oxygen atoms in total. The summed E-state index contributed by atoms with van der Waals surface area (Å²) in [6, 6.07) is 15.8. The molecule has 0 amide bonds. The van der Waals surface area contributed by atoms with Crippen LogP contribution in [-0.4, -0.2) is 73.6 Å². The molecule has 3 aromatic heterocycles. The van der Waals surface area contributed by atoms with Crippen molar-refractivity contribution in [3.8, 4) is 11.1 Å². The number of hydrogen-bond donors (Lipinski definition) is 3. The molecule has 1 aliphatic carbocycles. The summed E-state index contributed by atoms with van der Waals surface area (Å²) in [5.74, 6) is 1.26. The van der Waals surface area contributed by atoms with Crippen LogP contribution in [0.4, 0.5) is 17.5 Å². The molecule has 7 rings (SSSR count). The zero-order valence-corrected chi connectivity index (χ0v) is 23.3. The number of nitrogens with one attached hydrogen (secondary N) is 2. The van der Waals surface area contributed by atoms with Crippen molar-refractivity contribution in [3.63, 3.8) is 0 Å². The Balaban J connectivity index is 1.12. The van der Waals surface area contributed by atoms with Crippen LogP contribution in [0.15, 0.2) is 55.0 Å². The van der Waals surface area contributed by atoms with Gasteiger partial charge in [0, 0.05) is 55.7 Å². The van der Waals surface area contributed by atoms with Crippen LogP contribution in [0.3, 0.4) is 0 Å². The number of anilines is 3. The third kappa shape index (κ3) is 4.69. The first-order valence-electron chi connectivity index (χ1n) is 14.4. The van der Waals surface area contributed by atoms with Gasteiger partial charge >= 0.3 is 0 Å². The molecular formula is C31H37N9. The lowest BCUT2D eigenvalue weighted by Gasteiger charge is -2.41. The van der Waals surface area contributed by atoms with Gasteiger partial charge in [0.25, 0.3) is 0 Å². The number of benzene rings is 2. The van der Waals surface area contributed by atoms with E-state index in [1.165, 1.54) is 44.6 Å². The van der Waals surface area contributed by atoms with Crippen LogP contribution in [0.2, 0.25) is 0 Å². The van der Waals surface area contributed by atoms with E-state index in [2.05, 4.69) is 91.2 Å². The summed E-state index contributed by atoms with van der Waals surface area (Å²) in [5, 5.41) is 4.34. The normalized spacial score (nSPS) is 20.9. The molecule has 0 spiro atoms. The molecule has 1 aliphatic heterocycles. The van der Waals surface area contributed by atoms with Crippen LogP contribution in [0.25, 0.3) is 33.2 Å². The van der Waals surface area contributed by atoms with Crippen LogP contribution < -0.4 is 11.1 Å². The highest BCUT2D eigenvalue weighted by Gasteiger charge is 2.30. The van der Waals surface area contributed by atoms with Gasteiger partial charge in [-0.05, 0) is 75.0 Å². The van der Waals surface area contributed by atoms with Crippen molar-refractivity contribution in [2.75, 3.05) is 44.3 Å². The van der Waals surface area contributed by atoms with Crippen LogP contribution in [0.5, 0.6) is 0 Å². The Morgan fingerprint density at radius 3 is 2.45 bits per heavy atom. The summed E-state index contributed by atoms with van der Waals surface area (Å²) in [6.45, 7) is 6.81. The highest BCUT2D eigenvalue weighted by atomic mass is 15.3. The van der Waals surface area contributed by atoms with Crippen LogP contribution >= 0.6 is 0 Å². The molecule has 9 heteroatoms. The minimum absolute atomic E-state index is 0.423. The standard InChI is InChI=1S/C31H37N9/c1-20-3-12-26-27(17-20)37-31(36-26)35-22-6-4-21(5-7-22)25-18-40(30-28(25)29(32)33-19-34-30)24-10-8-23(9-11-24)39-15-13-38(2)14-16-39/h3-7,12,17-19,23-24H,8-11,13-16H2,1-2H3,(H2,32,33,34)(H2,35,36,37). The van der Waals surface area contributed by atoms with Gasteiger partial charge in [-0.3, -0.25) is 4.90 Å². The number of hydrogen-bond acceptors (Lipinski definition) is 7. The highest BCUT2D eigenvalue weighted by Crippen LogP contribution is 2.39. The lowest BCUT2D eigenvalue weighted by atomic mass is 9.89. The molecule has 206 valence electrons. The number of aromatic nitrogens is 5. The summed E-state index contributed by atoms with van der Waals surface area (Å²) >= 11 is 0. The Bertz CT molecular complexity index is 1640. The molecule has 0 bridgehead atoms. The molecule has 1 saturated carbocycles. The summed E-state index contributed by atoms with van der Waals surface area (Å²) in [7, 11) is 2.22. The molecule has 2 fully saturated rings. The Labute approximate surface area is 234 Å². The second-order valence-electron chi connectivity index (χ2n) is 11.5. The summed E-state index contributed by atoms with van der Waals surface area (Å²) in [4.78, 5) is 22.2. The zero-order valence-electron chi connectivity index (χ0n) is 23.3. The van der Waals surface area contributed by atoms with Crippen LogP contribution in [-0.2, 0) is 0 Å². The zero-order chi connectivity index (χ0) is 27.2. The maximum Gasteiger partial charge on any atom is 0.205 e. The van der Waals surface area contributed by atoms with E-state index in [0.717, 1.165) is 57.7 Å². The maximum absolute atomic E-state index is 6.45. The number of fused-ring (bicyclic) bond motifs is 2. The number of H-pyrrole nitrogens is 1. The first kappa shape index (κ1) is 25.0. The summed E-state index contributed by atoms with van der Waals surface area (Å²) in [6.07, 6.45) is 8.61. The monoisotopic (exact) mass is 535 g/mol. The van der Waals surface area contributed by atoms with E-state index in [0.29, 0.717) is 17.9 Å². The number of likely N-dealkylation sites (N-methyl/N-ethyl adjacent to an activating group) is 1. The third-order valence-corrected chi connectivity index (χ3v) is 8.85. The van der Waals surface area contributed by atoms with Crippen molar-refractivity contribution in [2.24, 2.45) is 0 Å². The fourth-order valence-electron chi connectivity index (χ4n) is 6.55. The van der Waals surface area contributed by atoms with Gasteiger partial charge in [0.1, 0.15) is 17.8 Å². The van der Waals surface area contributed by atoms with Gasteiger partial charge in [-0.1, -0.05) is 18.2 Å². The van der Waals surface area contributed by atoms with Crippen molar-refractivity contribution in [2.45, 2.75) is 44.7 Å². The van der Waals surface area contributed by atoms with Crippen LogP contribution in [0.1, 0.15) is 37.3 Å². The third-order valence-electron chi connectivity index (χ3n) is 8.85. The number of rotatable bonds is 5. The SMILES string of the molecule is Cc1ccc2nc(Nc3ccc(-c4cn(C5CCC(N6CCN(C)CC6)CC5)c5ncnc(N)c45)cc3)[nH]c2c1. The van der Waals surface area contributed by atoms with Gasteiger partial charge in [-0.2, -0.15) is 0 Å². The Kier molecular flexibility index (Phi) is 6.40. The molecule has 2 aliphatic rings. The van der Waals surface area contributed by atoms with E-state index < -0.39 is 0 Å². The van der Waals surface area contributed by atoms with Gasteiger partial charge in [-0.15, -0.1) is 0 Å². The molecule has 0 radical (unpaired) electrons. The van der Waals surface area contributed by atoms with Gasteiger partial charge in [0.15, 0.2) is 0 Å². The predicted octanol–water partition coefficient (Wildman–Crippen LogP) is 5.34. The molecule has 0 unspecified atom stereocenters. The molecule has 4 heterocycles. The lowest BCUT2D eigenvalue weighted by Crippen LogP contribution is -2.49. The highest BCUT2D eigenvalue weighted by molar-refractivity contribution is 6.00. The predicted molar refractivity (Wildman–Crippen MR) is 162 cm³/mol. The molecule has 1 saturated heterocycles. The number of nitrogens with two attached hydrogens (primary N) is 1. The van der Waals surface area contributed by atoms with Crippen molar-refractivity contribution >= 4 is 39.5 Å². The Morgan fingerprint density at radius 1 is 0.925 bits per heavy atom. The van der Waals surface area contributed by atoms with Crippen LogP contribution in [0, 0.1) is 6.92 Å². The van der Waals surface area contributed by atoms with Gasteiger partial charge in [0.05, 0.1) is 16.4 Å². The molecule has 0 atom stereocenters. The second-order valence-corrected chi connectivity index (χ2v) is 11.5. The molecule has 2 aromatic carbocycles. The van der Waals surface area contributed by atoms with E-state index in [1.807, 2.05) is 6.07 Å². The smallest absolute Gasteiger partial charge is 0.205 e. The van der Waals surface area contributed by atoms with Gasteiger partial charge in [0.2, 0.25) is 5.95 Å². The van der Waals surface area contributed by atoms with Crippen molar-refractivity contribution in [1.82, 2.24) is 34.3 Å². The first-order valence-corrected chi connectivity index (χ1v) is 14.4. The topological polar surface area (TPSA) is 104 Å². The first-order chi connectivity index (χ1) is 19.5. The largest absolute Gasteiger partial charge is 0.383 e.